The first-order chi connectivity index (χ1) is 8.59. The average Bonchev–Trinajstić information content (AvgIpc) is 2.78. The third-order valence-corrected chi connectivity index (χ3v) is 3.79. The molecule has 2 aliphatic rings. The lowest BCUT2D eigenvalue weighted by Gasteiger charge is -2.37. The van der Waals surface area contributed by atoms with Gasteiger partial charge < -0.3 is 5.21 Å². The third-order valence-electron chi connectivity index (χ3n) is 3.79. The summed E-state index contributed by atoms with van der Waals surface area (Å²) in [5.41, 5.74) is 3.19. The van der Waals surface area contributed by atoms with E-state index in [4.69, 9.17) is 15.3 Å². The Balaban J connectivity index is 0.000000267. The lowest BCUT2D eigenvalue weighted by atomic mass is 9.89. The molecule has 2 heterocycles. The van der Waals surface area contributed by atoms with Crippen LogP contribution in [-0.4, -0.2) is 27.8 Å². The molecule has 18 heavy (non-hydrogen) atoms. The van der Waals surface area contributed by atoms with Crippen LogP contribution in [0.25, 0.3) is 0 Å². The van der Waals surface area contributed by atoms with E-state index in [0.29, 0.717) is 0 Å². The molecule has 2 unspecified atom stereocenters. The van der Waals surface area contributed by atoms with Gasteiger partial charge in [0.1, 0.15) is 0 Å². The van der Waals surface area contributed by atoms with E-state index in [9.17, 15) is 0 Å². The lowest BCUT2D eigenvalue weighted by molar-refractivity contribution is -0.742. The maximum absolute atomic E-state index is 8.36. The molecule has 5 heteroatoms. The van der Waals surface area contributed by atoms with E-state index >= 15 is 0 Å². The Hall–Kier alpha value is -1.62. The van der Waals surface area contributed by atoms with Gasteiger partial charge in [-0.05, 0) is 43.9 Å². The van der Waals surface area contributed by atoms with Crippen LogP contribution in [0.15, 0.2) is 24.3 Å². The molecule has 1 fully saturated rings. The maximum Gasteiger partial charge on any atom is 0.291 e. The van der Waals surface area contributed by atoms with Crippen molar-refractivity contribution in [1.82, 2.24) is 4.90 Å². The van der Waals surface area contributed by atoms with Gasteiger partial charge in [0.05, 0.1) is 0 Å². The van der Waals surface area contributed by atoms with E-state index in [0.717, 1.165) is 12.1 Å². The van der Waals surface area contributed by atoms with Gasteiger partial charge in [0.15, 0.2) is 0 Å². The summed E-state index contributed by atoms with van der Waals surface area (Å²) in [5.74, 6) is 0. The monoisotopic (exact) mass is 250 g/mol. The summed E-state index contributed by atoms with van der Waals surface area (Å²) in [6, 6.07) is 10.5. The molecule has 0 radical (unpaired) electrons. The molecule has 0 aliphatic carbocycles. The van der Waals surface area contributed by atoms with Crippen molar-refractivity contribution in [2.75, 3.05) is 6.54 Å². The Labute approximate surface area is 106 Å². The van der Waals surface area contributed by atoms with Crippen LogP contribution in [0, 0.1) is 10.1 Å². The normalized spacial score (nSPS) is 25.6. The summed E-state index contributed by atoms with van der Waals surface area (Å²) >= 11 is 0. The number of benzene rings is 1. The molecule has 1 aromatic carbocycles. The minimum absolute atomic E-state index is 0.731. The molecule has 1 N–H and O–H groups in total. The zero-order valence-corrected chi connectivity index (χ0v) is 10.5. The average molecular weight is 250 g/mol. The number of nitrogens with zero attached hydrogens (tertiary/aromatic N) is 2. The Morgan fingerprint density at radius 1 is 1.44 bits per heavy atom. The van der Waals surface area contributed by atoms with Crippen molar-refractivity contribution in [3.05, 3.63) is 45.5 Å². The highest BCUT2D eigenvalue weighted by molar-refractivity contribution is 5.34. The fraction of sp³-hybridized carbons (Fsp3) is 0.538. The van der Waals surface area contributed by atoms with E-state index in [1.807, 2.05) is 0 Å². The quantitative estimate of drug-likeness (QED) is 0.567. The molecule has 98 valence electrons. The van der Waals surface area contributed by atoms with Gasteiger partial charge in [-0.1, -0.05) is 24.3 Å². The second kappa shape index (κ2) is 5.35. The largest absolute Gasteiger partial charge is 0.328 e. The van der Waals surface area contributed by atoms with Gasteiger partial charge in [-0.3, -0.25) is 4.90 Å². The van der Waals surface area contributed by atoms with Gasteiger partial charge in [0.25, 0.3) is 5.09 Å². The van der Waals surface area contributed by atoms with Crippen LogP contribution in [-0.2, 0) is 6.42 Å². The van der Waals surface area contributed by atoms with E-state index in [1.54, 1.807) is 11.1 Å². The van der Waals surface area contributed by atoms with Crippen molar-refractivity contribution < 1.29 is 10.3 Å². The van der Waals surface area contributed by atoms with Gasteiger partial charge >= 0.3 is 0 Å². The molecular formula is C13H18N2O3. The number of fused-ring (bicyclic) bond motifs is 3. The minimum Gasteiger partial charge on any atom is -0.328 e. The molecule has 0 spiro atoms. The van der Waals surface area contributed by atoms with Crippen LogP contribution >= 0.6 is 0 Å². The second-order valence-electron chi connectivity index (χ2n) is 4.89. The summed E-state index contributed by atoms with van der Waals surface area (Å²) in [4.78, 5) is 11.0. The molecule has 0 bridgehead atoms. The summed E-state index contributed by atoms with van der Waals surface area (Å²) in [7, 11) is 0. The van der Waals surface area contributed by atoms with Crippen molar-refractivity contribution in [1.29, 1.82) is 0 Å². The molecular weight excluding hydrogens is 232 g/mol. The molecule has 2 atom stereocenters. The molecule has 5 nitrogen and oxygen atoms in total. The van der Waals surface area contributed by atoms with E-state index in [-0.39, 0.29) is 0 Å². The van der Waals surface area contributed by atoms with Gasteiger partial charge in [0, 0.05) is 12.1 Å². The second-order valence-corrected chi connectivity index (χ2v) is 4.89. The smallest absolute Gasteiger partial charge is 0.291 e. The van der Waals surface area contributed by atoms with Crippen LogP contribution in [0.1, 0.15) is 36.9 Å². The Morgan fingerprint density at radius 2 is 2.11 bits per heavy atom. The Bertz CT molecular complexity index is 432. The van der Waals surface area contributed by atoms with Gasteiger partial charge in [-0.15, -0.1) is 10.1 Å². The predicted octanol–water partition coefficient (Wildman–Crippen LogP) is 2.42. The molecule has 0 amide bonds. The highest BCUT2D eigenvalue weighted by Gasteiger charge is 2.34. The highest BCUT2D eigenvalue weighted by atomic mass is 16.9. The molecule has 1 aromatic rings. The highest BCUT2D eigenvalue weighted by Crippen LogP contribution is 2.39. The minimum atomic E-state index is -1.50. The third kappa shape index (κ3) is 2.61. The predicted molar refractivity (Wildman–Crippen MR) is 67.1 cm³/mol. The SMILES string of the molecule is CC1Cc2ccccc2C2CCCN12.O=[N+]([O-])O. The molecule has 0 saturated carbocycles. The summed E-state index contributed by atoms with van der Waals surface area (Å²) < 4.78 is 0. The van der Waals surface area contributed by atoms with Crippen molar-refractivity contribution in [3.8, 4) is 0 Å². The fourth-order valence-corrected chi connectivity index (χ4v) is 3.13. The summed E-state index contributed by atoms with van der Waals surface area (Å²) in [6.45, 7) is 3.68. The summed E-state index contributed by atoms with van der Waals surface area (Å²) in [6.07, 6.45) is 3.98. The first kappa shape index (κ1) is 12.8. The van der Waals surface area contributed by atoms with Crippen LogP contribution in [0.4, 0.5) is 0 Å². The van der Waals surface area contributed by atoms with Crippen molar-refractivity contribution in [2.24, 2.45) is 0 Å². The molecule has 0 aromatic heterocycles. The van der Waals surface area contributed by atoms with Crippen LogP contribution < -0.4 is 0 Å². The van der Waals surface area contributed by atoms with E-state index in [2.05, 4.69) is 36.1 Å². The van der Waals surface area contributed by atoms with Crippen LogP contribution in [0.5, 0.6) is 0 Å². The molecule has 2 aliphatic heterocycles. The molecule has 3 rings (SSSR count). The van der Waals surface area contributed by atoms with E-state index in [1.165, 1.54) is 25.8 Å². The molecule has 1 saturated heterocycles. The van der Waals surface area contributed by atoms with Crippen molar-refractivity contribution in [2.45, 2.75) is 38.3 Å². The van der Waals surface area contributed by atoms with Gasteiger partial charge in [-0.2, -0.15) is 0 Å². The first-order valence-corrected chi connectivity index (χ1v) is 6.26. The summed E-state index contributed by atoms with van der Waals surface area (Å²) in [5, 5.41) is 13.6. The van der Waals surface area contributed by atoms with Gasteiger partial charge in [0.2, 0.25) is 0 Å². The number of hydrogen-bond acceptors (Lipinski definition) is 3. The fourth-order valence-electron chi connectivity index (χ4n) is 3.13. The van der Waals surface area contributed by atoms with E-state index < -0.39 is 5.09 Å². The number of rotatable bonds is 0. The van der Waals surface area contributed by atoms with Crippen molar-refractivity contribution >= 4 is 0 Å². The van der Waals surface area contributed by atoms with Crippen LogP contribution in [0.2, 0.25) is 0 Å². The van der Waals surface area contributed by atoms with Crippen molar-refractivity contribution in [3.63, 3.8) is 0 Å². The first-order valence-electron chi connectivity index (χ1n) is 6.26. The topological polar surface area (TPSA) is 66.6 Å². The zero-order valence-electron chi connectivity index (χ0n) is 10.5. The zero-order chi connectivity index (χ0) is 13.1. The standard InChI is InChI=1S/C13H17N.HNO3/c1-10-9-11-5-2-3-6-12(11)13-7-4-8-14(10)13;2-1(3)4/h2-3,5-6,10,13H,4,7-9H2,1H3;(H,2,3,4). The Kier molecular flexibility index (Phi) is 3.81. The maximum atomic E-state index is 8.36. The number of hydrogen-bond donors (Lipinski definition) is 1. The Morgan fingerprint density at radius 3 is 2.83 bits per heavy atom. The lowest BCUT2D eigenvalue weighted by Crippen LogP contribution is -2.38. The van der Waals surface area contributed by atoms with Gasteiger partial charge in [-0.25, -0.2) is 0 Å². The van der Waals surface area contributed by atoms with Crippen LogP contribution in [0.3, 0.4) is 0 Å².